The molecule has 1 N–H and O–H groups in total. The van der Waals surface area contributed by atoms with Crippen LogP contribution < -0.4 is 14.8 Å². The first-order valence-electron chi connectivity index (χ1n) is 5.69. The lowest BCUT2D eigenvalue weighted by Gasteiger charge is -2.12. The average molecular weight is 254 g/mol. The van der Waals surface area contributed by atoms with Crippen molar-refractivity contribution in [3.63, 3.8) is 0 Å². The van der Waals surface area contributed by atoms with Gasteiger partial charge in [-0.25, -0.2) is 0 Å². The summed E-state index contributed by atoms with van der Waals surface area (Å²) in [5.74, 6) is 1.67. The quantitative estimate of drug-likeness (QED) is 0.895. The van der Waals surface area contributed by atoms with E-state index in [1.807, 2.05) is 18.2 Å². The third-order valence-electron chi connectivity index (χ3n) is 2.49. The molecule has 0 fully saturated rings. The molecule has 0 amide bonds. The average Bonchev–Trinajstić information content (AvgIpc) is 2.54. The van der Waals surface area contributed by atoms with Crippen LogP contribution in [0.3, 0.4) is 0 Å². The Morgan fingerprint density at radius 3 is 3.00 bits per heavy atom. The molecule has 3 nitrogen and oxygen atoms in total. The molecule has 0 saturated carbocycles. The molecule has 0 bridgehead atoms. The van der Waals surface area contributed by atoms with Crippen molar-refractivity contribution in [2.45, 2.75) is 13.0 Å². The molecule has 1 aromatic carbocycles. The first kappa shape index (κ1) is 12.3. The smallest absolute Gasteiger partial charge is 0.165 e. The SMILES string of the molecule is C=C(Cl)CNCc1cccc2c1OCCCO2. The molecule has 1 aliphatic heterocycles. The molecule has 0 unspecified atom stereocenters. The van der Waals surface area contributed by atoms with E-state index < -0.39 is 0 Å². The number of ether oxygens (including phenoxy) is 2. The molecule has 0 aliphatic carbocycles. The maximum absolute atomic E-state index is 5.72. The first-order chi connectivity index (χ1) is 8.27. The van der Waals surface area contributed by atoms with E-state index in [9.17, 15) is 0 Å². The Balaban J connectivity index is 2.08. The van der Waals surface area contributed by atoms with Gasteiger partial charge in [0.15, 0.2) is 11.5 Å². The number of fused-ring (bicyclic) bond motifs is 1. The number of hydrogen-bond donors (Lipinski definition) is 1. The maximum Gasteiger partial charge on any atom is 0.165 e. The van der Waals surface area contributed by atoms with E-state index in [1.54, 1.807) is 0 Å². The summed E-state index contributed by atoms with van der Waals surface area (Å²) < 4.78 is 11.3. The van der Waals surface area contributed by atoms with Gasteiger partial charge in [0, 0.05) is 30.1 Å². The molecule has 0 radical (unpaired) electrons. The highest BCUT2D eigenvalue weighted by Crippen LogP contribution is 2.33. The largest absolute Gasteiger partial charge is 0.490 e. The van der Waals surface area contributed by atoms with Gasteiger partial charge in [-0.3, -0.25) is 0 Å². The summed E-state index contributed by atoms with van der Waals surface area (Å²) >= 11 is 5.70. The molecular formula is C13H16ClNO2. The second-order valence-electron chi connectivity index (χ2n) is 3.92. The fourth-order valence-electron chi connectivity index (χ4n) is 1.73. The van der Waals surface area contributed by atoms with Gasteiger partial charge in [0.05, 0.1) is 13.2 Å². The lowest BCUT2D eigenvalue weighted by Crippen LogP contribution is -2.15. The second-order valence-corrected chi connectivity index (χ2v) is 4.45. The van der Waals surface area contributed by atoms with E-state index in [0.717, 1.165) is 23.5 Å². The van der Waals surface area contributed by atoms with E-state index in [2.05, 4.69) is 11.9 Å². The highest BCUT2D eigenvalue weighted by atomic mass is 35.5. The molecular weight excluding hydrogens is 238 g/mol. The monoisotopic (exact) mass is 253 g/mol. The molecule has 4 heteroatoms. The van der Waals surface area contributed by atoms with Crippen LogP contribution in [0.15, 0.2) is 29.8 Å². The van der Waals surface area contributed by atoms with Gasteiger partial charge in [-0.2, -0.15) is 0 Å². The number of hydrogen-bond acceptors (Lipinski definition) is 3. The molecule has 0 aromatic heterocycles. The van der Waals surface area contributed by atoms with Gasteiger partial charge in [0.1, 0.15) is 0 Å². The van der Waals surface area contributed by atoms with E-state index in [0.29, 0.717) is 31.3 Å². The predicted molar refractivity (Wildman–Crippen MR) is 68.7 cm³/mol. The van der Waals surface area contributed by atoms with Gasteiger partial charge in [0.2, 0.25) is 0 Å². The number of nitrogens with one attached hydrogen (secondary N) is 1. The zero-order chi connectivity index (χ0) is 12.1. The van der Waals surface area contributed by atoms with Gasteiger partial charge in [0.25, 0.3) is 0 Å². The van der Waals surface area contributed by atoms with Gasteiger partial charge in [-0.05, 0) is 6.07 Å². The van der Waals surface area contributed by atoms with Crippen LogP contribution in [0, 0.1) is 0 Å². The fourth-order valence-corrected chi connectivity index (χ4v) is 1.82. The minimum atomic E-state index is 0.589. The summed E-state index contributed by atoms with van der Waals surface area (Å²) in [6.07, 6.45) is 0.917. The normalized spacial score (nSPS) is 14.2. The second kappa shape index (κ2) is 5.94. The Bertz CT molecular complexity index is 406. The Morgan fingerprint density at radius 2 is 2.18 bits per heavy atom. The van der Waals surface area contributed by atoms with Gasteiger partial charge >= 0.3 is 0 Å². The maximum atomic E-state index is 5.72. The van der Waals surface area contributed by atoms with Crippen molar-refractivity contribution >= 4 is 11.6 Å². The third kappa shape index (κ3) is 3.38. The molecule has 0 saturated heterocycles. The van der Waals surface area contributed by atoms with Gasteiger partial charge in [-0.1, -0.05) is 30.3 Å². The van der Waals surface area contributed by atoms with Crippen molar-refractivity contribution in [3.05, 3.63) is 35.4 Å². The number of para-hydroxylation sites is 1. The lowest BCUT2D eigenvalue weighted by atomic mass is 10.2. The summed E-state index contributed by atoms with van der Waals surface area (Å²) in [6.45, 7) is 6.33. The molecule has 0 spiro atoms. The van der Waals surface area contributed by atoms with Crippen LogP contribution in [-0.2, 0) is 6.54 Å². The highest BCUT2D eigenvalue weighted by molar-refractivity contribution is 6.29. The molecule has 2 rings (SSSR count). The fraction of sp³-hybridized carbons (Fsp3) is 0.385. The van der Waals surface area contributed by atoms with E-state index in [4.69, 9.17) is 21.1 Å². The summed E-state index contributed by atoms with van der Waals surface area (Å²) in [6, 6.07) is 5.93. The van der Waals surface area contributed by atoms with Crippen molar-refractivity contribution in [2.75, 3.05) is 19.8 Å². The van der Waals surface area contributed by atoms with Crippen molar-refractivity contribution in [1.82, 2.24) is 5.32 Å². The predicted octanol–water partition coefficient (Wildman–Crippen LogP) is 2.69. The van der Waals surface area contributed by atoms with Gasteiger partial charge in [-0.15, -0.1) is 0 Å². The summed E-state index contributed by atoms with van der Waals surface area (Å²) in [7, 11) is 0. The highest BCUT2D eigenvalue weighted by Gasteiger charge is 2.13. The van der Waals surface area contributed by atoms with Crippen molar-refractivity contribution in [1.29, 1.82) is 0 Å². The first-order valence-corrected chi connectivity index (χ1v) is 6.06. The number of benzene rings is 1. The Labute approximate surface area is 106 Å². The molecule has 17 heavy (non-hydrogen) atoms. The van der Waals surface area contributed by atoms with Crippen molar-refractivity contribution in [2.24, 2.45) is 0 Å². The third-order valence-corrected chi connectivity index (χ3v) is 2.62. The molecule has 1 aromatic rings. The molecule has 0 atom stereocenters. The van der Waals surface area contributed by atoms with E-state index >= 15 is 0 Å². The Morgan fingerprint density at radius 1 is 1.35 bits per heavy atom. The molecule has 1 aliphatic rings. The zero-order valence-electron chi connectivity index (χ0n) is 9.67. The lowest BCUT2D eigenvalue weighted by molar-refractivity contribution is 0.296. The minimum Gasteiger partial charge on any atom is -0.490 e. The summed E-state index contributed by atoms with van der Waals surface area (Å²) in [5, 5.41) is 3.81. The van der Waals surface area contributed by atoms with E-state index in [-0.39, 0.29) is 0 Å². The zero-order valence-corrected chi connectivity index (χ0v) is 10.4. The van der Waals surface area contributed by atoms with Gasteiger partial charge < -0.3 is 14.8 Å². The van der Waals surface area contributed by atoms with Crippen LogP contribution in [0.5, 0.6) is 11.5 Å². The van der Waals surface area contributed by atoms with Crippen LogP contribution in [0.2, 0.25) is 0 Å². The van der Waals surface area contributed by atoms with Crippen LogP contribution in [0.4, 0.5) is 0 Å². The summed E-state index contributed by atoms with van der Waals surface area (Å²) in [5.41, 5.74) is 1.09. The topological polar surface area (TPSA) is 30.5 Å². The van der Waals surface area contributed by atoms with Crippen LogP contribution >= 0.6 is 11.6 Å². The van der Waals surface area contributed by atoms with Crippen molar-refractivity contribution in [3.8, 4) is 11.5 Å². The number of halogens is 1. The van der Waals surface area contributed by atoms with Crippen molar-refractivity contribution < 1.29 is 9.47 Å². The molecule has 1 heterocycles. The van der Waals surface area contributed by atoms with Crippen LogP contribution in [0.25, 0.3) is 0 Å². The van der Waals surface area contributed by atoms with Crippen LogP contribution in [-0.4, -0.2) is 19.8 Å². The molecule has 92 valence electrons. The Kier molecular flexibility index (Phi) is 4.29. The Hall–Kier alpha value is -1.19. The van der Waals surface area contributed by atoms with Crippen LogP contribution in [0.1, 0.15) is 12.0 Å². The minimum absolute atomic E-state index is 0.589. The van der Waals surface area contributed by atoms with E-state index in [1.165, 1.54) is 0 Å². The number of rotatable bonds is 4. The standard InChI is InChI=1S/C13H16ClNO2/c1-10(14)8-15-9-11-4-2-5-12-13(11)17-7-3-6-16-12/h2,4-5,15H,1,3,6-9H2. The summed E-state index contributed by atoms with van der Waals surface area (Å²) in [4.78, 5) is 0.